The molecule has 28 heavy (non-hydrogen) atoms. The highest BCUT2D eigenvalue weighted by Crippen LogP contribution is 2.22. The molecular weight excluding hydrogens is 378 g/mol. The van der Waals surface area contributed by atoms with Crippen molar-refractivity contribution in [1.82, 2.24) is 19.8 Å². The van der Waals surface area contributed by atoms with Gasteiger partial charge < -0.3 is 20.1 Å². The Kier molecular flexibility index (Phi) is 5.84. The molecule has 0 aliphatic heterocycles. The van der Waals surface area contributed by atoms with E-state index in [0.717, 1.165) is 16.6 Å². The van der Waals surface area contributed by atoms with Crippen LogP contribution in [0.1, 0.15) is 15.9 Å². The Hall–Kier alpha value is -3.06. The largest absolute Gasteiger partial charge is 0.345 e. The van der Waals surface area contributed by atoms with E-state index < -0.39 is 0 Å². The van der Waals surface area contributed by atoms with Gasteiger partial charge in [-0.1, -0.05) is 17.7 Å². The highest BCUT2D eigenvalue weighted by Gasteiger charge is 2.11. The molecule has 0 bridgehead atoms. The van der Waals surface area contributed by atoms with Gasteiger partial charge in [0.2, 0.25) is 0 Å². The van der Waals surface area contributed by atoms with E-state index in [-0.39, 0.29) is 11.9 Å². The number of imidazole rings is 1. The number of benzene rings is 2. The second kappa shape index (κ2) is 8.31. The number of urea groups is 1. The first-order valence-corrected chi connectivity index (χ1v) is 9.20. The lowest BCUT2D eigenvalue weighted by Crippen LogP contribution is -2.31. The maximum atomic E-state index is 12.1. The third kappa shape index (κ3) is 4.43. The summed E-state index contributed by atoms with van der Waals surface area (Å²) in [6.45, 7) is 2.90. The van der Waals surface area contributed by atoms with Gasteiger partial charge in [-0.25, -0.2) is 9.78 Å². The second-order valence-electron chi connectivity index (χ2n) is 6.71. The fourth-order valence-electron chi connectivity index (χ4n) is 2.81. The zero-order valence-electron chi connectivity index (χ0n) is 16.0. The standard InChI is InChI=1S/C20H22ClN5O2/c1-13-4-6-16(15(21)10-13)24-20(28)22-8-9-26-12-23-17-11-14(5-7-18(17)26)19(27)25(2)3/h4-7,10-12H,8-9H2,1-3H3,(H2,22,24,28). The van der Waals surface area contributed by atoms with Gasteiger partial charge in [-0.05, 0) is 42.8 Å². The van der Waals surface area contributed by atoms with Crippen LogP contribution in [0.3, 0.4) is 0 Å². The topological polar surface area (TPSA) is 79.3 Å². The fraction of sp³-hybridized carbons (Fsp3) is 0.250. The van der Waals surface area contributed by atoms with E-state index in [1.807, 2.05) is 23.6 Å². The number of amides is 3. The molecule has 3 amide bonds. The van der Waals surface area contributed by atoms with Gasteiger partial charge in [0.15, 0.2) is 0 Å². The molecule has 0 radical (unpaired) electrons. The van der Waals surface area contributed by atoms with Crippen LogP contribution in [0.25, 0.3) is 11.0 Å². The highest BCUT2D eigenvalue weighted by atomic mass is 35.5. The molecule has 0 fully saturated rings. The smallest absolute Gasteiger partial charge is 0.319 e. The number of nitrogens with one attached hydrogen (secondary N) is 2. The number of hydrogen-bond donors (Lipinski definition) is 2. The summed E-state index contributed by atoms with van der Waals surface area (Å²) in [5.41, 5.74) is 3.83. The van der Waals surface area contributed by atoms with Gasteiger partial charge in [-0.3, -0.25) is 4.79 Å². The molecule has 0 spiro atoms. The van der Waals surface area contributed by atoms with Crippen LogP contribution in [0.5, 0.6) is 0 Å². The number of aromatic nitrogens is 2. The fourth-order valence-corrected chi connectivity index (χ4v) is 3.09. The van der Waals surface area contributed by atoms with Crippen molar-refractivity contribution in [3.63, 3.8) is 0 Å². The maximum Gasteiger partial charge on any atom is 0.319 e. The van der Waals surface area contributed by atoms with Crippen LogP contribution in [0.2, 0.25) is 5.02 Å². The molecule has 1 aromatic heterocycles. The monoisotopic (exact) mass is 399 g/mol. The summed E-state index contributed by atoms with van der Waals surface area (Å²) in [7, 11) is 3.43. The Bertz CT molecular complexity index is 1030. The van der Waals surface area contributed by atoms with Crippen LogP contribution in [0.4, 0.5) is 10.5 Å². The molecule has 0 saturated heterocycles. The zero-order valence-corrected chi connectivity index (χ0v) is 16.7. The third-order valence-electron chi connectivity index (χ3n) is 4.29. The number of hydrogen-bond acceptors (Lipinski definition) is 3. The number of carbonyl (C=O) groups is 2. The van der Waals surface area contributed by atoms with Gasteiger partial charge in [-0.2, -0.15) is 0 Å². The highest BCUT2D eigenvalue weighted by molar-refractivity contribution is 6.33. The van der Waals surface area contributed by atoms with E-state index >= 15 is 0 Å². The average molecular weight is 400 g/mol. The van der Waals surface area contributed by atoms with Crippen LogP contribution < -0.4 is 10.6 Å². The van der Waals surface area contributed by atoms with Crippen molar-refractivity contribution < 1.29 is 9.59 Å². The lowest BCUT2D eigenvalue weighted by Gasteiger charge is -2.11. The number of fused-ring (bicyclic) bond motifs is 1. The molecule has 3 aromatic rings. The summed E-state index contributed by atoms with van der Waals surface area (Å²) in [6, 6.07) is 10.5. The molecule has 1 heterocycles. The number of aryl methyl sites for hydroxylation is 1. The first-order valence-electron chi connectivity index (χ1n) is 8.82. The van der Waals surface area contributed by atoms with Gasteiger partial charge in [0.05, 0.1) is 28.1 Å². The van der Waals surface area contributed by atoms with Crippen LogP contribution in [-0.4, -0.2) is 47.0 Å². The molecule has 8 heteroatoms. The number of halogens is 1. The Balaban J connectivity index is 1.59. The van der Waals surface area contributed by atoms with E-state index in [0.29, 0.717) is 29.4 Å². The first-order chi connectivity index (χ1) is 13.3. The van der Waals surface area contributed by atoms with Crippen LogP contribution in [0, 0.1) is 6.92 Å². The molecule has 146 valence electrons. The maximum absolute atomic E-state index is 12.1. The van der Waals surface area contributed by atoms with Crippen molar-refractivity contribution >= 4 is 40.3 Å². The van der Waals surface area contributed by atoms with Gasteiger partial charge in [0.1, 0.15) is 0 Å². The SMILES string of the molecule is Cc1ccc(NC(=O)NCCn2cnc3cc(C(=O)N(C)C)ccc32)c(Cl)c1. The van der Waals surface area contributed by atoms with E-state index in [2.05, 4.69) is 15.6 Å². The van der Waals surface area contributed by atoms with E-state index in [1.165, 1.54) is 4.90 Å². The lowest BCUT2D eigenvalue weighted by atomic mass is 10.2. The lowest BCUT2D eigenvalue weighted by molar-refractivity contribution is 0.0827. The predicted molar refractivity (Wildman–Crippen MR) is 111 cm³/mol. The Labute approximate surface area is 168 Å². The molecule has 2 N–H and O–H groups in total. The van der Waals surface area contributed by atoms with Gasteiger partial charge in [0, 0.05) is 32.7 Å². The van der Waals surface area contributed by atoms with Crippen molar-refractivity contribution in [3.8, 4) is 0 Å². The molecule has 0 aliphatic rings. The molecule has 0 aliphatic carbocycles. The van der Waals surface area contributed by atoms with Gasteiger partial charge >= 0.3 is 6.03 Å². The minimum Gasteiger partial charge on any atom is -0.345 e. The normalized spacial score (nSPS) is 10.7. The van der Waals surface area contributed by atoms with Crippen molar-refractivity contribution in [3.05, 3.63) is 58.9 Å². The summed E-state index contributed by atoms with van der Waals surface area (Å²) in [5, 5.41) is 6.04. The zero-order chi connectivity index (χ0) is 20.3. The molecule has 7 nitrogen and oxygen atoms in total. The van der Waals surface area contributed by atoms with E-state index in [1.54, 1.807) is 44.7 Å². The molecule has 0 saturated carbocycles. The number of anilines is 1. The number of rotatable bonds is 5. The summed E-state index contributed by atoms with van der Waals surface area (Å²) < 4.78 is 1.93. The van der Waals surface area contributed by atoms with Crippen molar-refractivity contribution in [1.29, 1.82) is 0 Å². The van der Waals surface area contributed by atoms with E-state index in [9.17, 15) is 9.59 Å². The van der Waals surface area contributed by atoms with Crippen molar-refractivity contribution in [2.24, 2.45) is 0 Å². The van der Waals surface area contributed by atoms with Crippen LogP contribution in [-0.2, 0) is 6.54 Å². The number of carbonyl (C=O) groups excluding carboxylic acids is 2. The molecule has 0 atom stereocenters. The Morgan fingerprint density at radius 3 is 2.68 bits per heavy atom. The molecule has 3 rings (SSSR count). The minimum absolute atomic E-state index is 0.0652. The molecule has 2 aromatic carbocycles. The quantitative estimate of drug-likeness (QED) is 0.688. The molecular formula is C20H22ClN5O2. The Morgan fingerprint density at radius 1 is 1.18 bits per heavy atom. The second-order valence-corrected chi connectivity index (χ2v) is 7.11. The minimum atomic E-state index is -0.325. The third-order valence-corrected chi connectivity index (χ3v) is 4.60. The van der Waals surface area contributed by atoms with Crippen LogP contribution in [0.15, 0.2) is 42.7 Å². The Morgan fingerprint density at radius 2 is 1.96 bits per heavy atom. The first kappa shape index (κ1) is 19.7. The van der Waals surface area contributed by atoms with Gasteiger partial charge in [-0.15, -0.1) is 0 Å². The summed E-state index contributed by atoms with van der Waals surface area (Å²) in [5.74, 6) is -0.0652. The summed E-state index contributed by atoms with van der Waals surface area (Å²) >= 11 is 6.13. The van der Waals surface area contributed by atoms with Gasteiger partial charge in [0.25, 0.3) is 5.91 Å². The predicted octanol–water partition coefficient (Wildman–Crippen LogP) is 3.52. The van der Waals surface area contributed by atoms with Crippen molar-refractivity contribution in [2.45, 2.75) is 13.5 Å². The molecule has 0 unspecified atom stereocenters. The van der Waals surface area contributed by atoms with E-state index in [4.69, 9.17) is 11.6 Å². The average Bonchev–Trinajstić information content (AvgIpc) is 3.05. The summed E-state index contributed by atoms with van der Waals surface area (Å²) in [4.78, 5) is 30.0. The van der Waals surface area contributed by atoms with Crippen LogP contribution >= 0.6 is 11.6 Å². The summed E-state index contributed by atoms with van der Waals surface area (Å²) in [6.07, 6.45) is 1.70. The number of nitrogens with zero attached hydrogens (tertiary/aromatic N) is 3. The van der Waals surface area contributed by atoms with Crippen molar-refractivity contribution in [2.75, 3.05) is 26.0 Å².